The highest BCUT2D eigenvalue weighted by atomic mass is 16.5. The van der Waals surface area contributed by atoms with Gasteiger partial charge in [-0.15, -0.1) is 0 Å². The van der Waals surface area contributed by atoms with Crippen LogP contribution >= 0.6 is 0 Å². The fourth-order valence-electron chi connectivity index (χ4n) is 3.17. The van der Waals surface area contributed by atoms with Gasteiger partial charge in [0.05, 0.1) is 13.1 Å². The van der Waals surface area contributed by atoms with Gasteiger partial charge in [-0.1, -0.05) is 26.0 Å². The second-order valence-corrected chi connectivity index (χ2v) is 7.95. The number of carbonyl (C=O) groups is 2. The van der Waals surface area contributed by atoms with E-state index in [9.17, 15) is 9.59 Å². The normalized spacial score (nSPS) is 18.7. The van der Waals surface area contributed by atoms with E-state index in [1.807, 2.05) is 38.1 Å². The second kappa shape index (κ2) is 7.58. The Morgan fingerprint density at radius 1 is 1.26 bits per heavy atom. The van der Waals surface area contributed by atoms with Crippen molar-refractivity contribution in [2.45, 2.75) is 39.2 Å². The Morgan fingerprint density at radius 2 is 1.96 bits per heavy atom. The van der Waals surface area contributed by atoms with E-state index in [4.69, 9.17) is 4.74 Å². The van der Waals surface area contributed by atoms with Crippen molar-refractivity contribution in [2.75, 3.05) is 37.6 Å². The van der Waals surface area contributed by atoms with E-state index in [0.717, 1.165) is 5.69 Å². The Balaban J connectivity index is 1.50. The minimum Gasteiger partial charge on any atom is -0.472 e. The van der Waals surface area contributed by atoms with Gasteiger partial charge in [-0.3, -0.25) is 9.69 Å². The van der Waals surface area contributed by atoms with Crippen LogP contribution in [-0.2, 0) is 9.53 Å². The number of benzene rings is 1. The van der Waals surface area contributed by atoms with Gasteiger partial charge in [0, 0.05) is 18.8 Å². The number of nitrogens with one attached hydrogen (secondary N) is 1. The van der Waals surface area contributed by atoms with Crippen molar-refractivity contribution < 1.29 is 14.3 Å². The van der Waals surface area contributed by atoms with Crippen LogP contribution in [0.15, 0.2) is 29.3 Å². The van der Waals surface area contributed by atoms with Crippen molar-refractivity contribution in [1.29, 1.82) is 0 Å². The summed E-state index contributed by atoms with van der Waals surface area (Å²) in [4.78, 5) is 32.4. The predicted molar refractivity (Wildman–Crippen MR) is 105 cm³/mol. The molecular weight excluding hydrogens is 344 g/mol. The highest BCUT2D eigenvalue weighted by Gasteiger charge is 2.31. The maximum Gasteiger partial charge on any atom is 0.325 e. The zero-order valence-corrected chi connectivity index (χ0v) is 16.5. The summed E-state index contributed by atoms with van der Waals surface area (Å²) in [5.74, 6) is 0.775. The molecule has 3 amide bonds. The summed E-state index contributed by atoms with van der Waals surface area (Å²) in [5, 5.41) is 2.78. The molecule has 0 radical (unpaired) electrons. The van der Waals surface area contributed by atoms with Crippen molar-refractivity contribution in [1.82, 2.24) is 10.2 Å². The third kappa shape index (κ3) is 4.59. The van der Waals surface area contributed by atoms with Gasteiger partial charge in [-0.05, 0) is 37.5 Å². The Labute approximate surface area is 160 Å². The molecule has 0 aliphatic carbocycles. The van der Waals surface area contributed by atoms with Crippen LogP contribution in [0.2, 0.25) is 0 Å². The summed E-state index contributed by atoms with van der Waals surface area (Å²) in [6, 6.07) is 7.89. The minimum atomic E-state index is -0.309. The van der Waals surface area contributed by atoms with Gasteiger partial charge in [0.25, 0.3) is 0 Å². The highest BCUT2D eigenvalue weighted by molar-refractivity contribution is 5.97. The largest absolute Gasteiger partial charge is 0.472 e. The first kappa shape index (κ1) is 19.2. The molecule has 2 aliphatic heterocycles. The zero-order chi connectivity index (χ0) is 19.6. The molecule has 1 fully saturated rings. The summed E-state index contributed by atoms with van der Waals surface area (Å²) >= 11 is 0. The molecule has 27 heavy (non-hydrogen) atoms. The average molecular weight is 372 g/mol. The number of ether oxygens (including phenoxy) is 1. The van der Waals surface area contributed by atoms with Crippen LogP contribution in [0.1, 0.15) is 39.2 Å². The van der Waals surface area contributed by atoms with E-state index < -0.39 is 0 Å². The van der Waals surface area contributed by atoms with Crippen molar-refractivity contribution >= 4 is 23.5 Å². The van der Waals surface area contributed by atoms with E-state index in [2.05, 4.69) is 24.2 Å². The molecule has 3 rings (SSSR count). The SMILES string of the molecule is CC(C)c1ccc(N2CCN(CC(=O)NCC3=NCC(C)(C)O3)C2=O)cc1. The summed E-state index contributed by atoms with van der Waals surface area (Å²) < 4.78 is 5.64. The Hall–Kier alpha value is -2.57. The summed E-state index contributed by atoms with van der Waals surface area (Å²) in [5.41, 5.74) is 1.79. The Bertz CT molecular complexity index is 740. The first-order chi connectivity index (χ1) is 12.7. The smallest absolute Gasteiger partial charge is 0.325 e. The van der Waals surface area contributed by atoms with Crippen LogP contribution < -0.4 is 10.2 Å². The van der Waals surface area contributed by atoms with Crippen molar-refractivity contribution in [3.63, 3.8) is 0 Å². The van der Waals surface area contributed by atoms with Gasteiger partial charge in [0.1, 0.15) is 12.1 Å². The summed E-state index contributed by atoms with van der Waals surface area (Å²) in [6.07, 6.45) is 0. The molecule has 2 heterocycles. The molecule has 0 spiro atoms. The quantitative estimate of drug-likeness (QED) is 0.833. The molecule has 2 aliphatic rings. The lowest BCUT2D eigenvalue weighted by molar-refractivity contribution is -0.121. The predicted octanol–water partition coefficient (Wildman–Crippen LogP) is 2.38. The van der Waals surface area contributed by atoms with Crippen LogP contribution in [0.25, 0.3) is 0 Å². The van der Waals surface area contributed by atoms with E-state index in [1.165, 1.54) is 5.56 Å². The molecule has 0 atom stereocenters. The van der Waals surface area contributed by atoms with E-state index in [-0.39, 0.29) is 30.6 Å². The number of anilines is 1. The van der Waals surface area contributed by atoms with Gasteiger partial charge in [0.15, 0.2) is 0 Å². The molecule has 0 unspecified atom stereocenters. The van der Waals surface area contributed by atoms with Crippen molar-refractivity contribution in [3.05, 3.63) is 29.8 Å². The monoisotopic (exact) mass is 372 g/mol. The van der Waals surface area contributed by atoms with E-state index in [1.54, 1.807) is 9.80 Å². The lowest BCUT2D eigenvalue weighted by Gasteiger charge is -2.19. The number of aliphatic imine (C=N–C) groups is 1. The number of urea groups is 1. The number of hydrogen-bond donors (Lipinski definition) is 1. The molecule has 0 aromatic heterocycles. The fourth-order valence-corrected chi connectivity index (χ4v) is 3.17. The zero-order valence-electron chi connectivity index (χ0n) is 16.5. The maximum absolute atomic E-state index is 12.6. The Morgan fingerprint density at radius 3 is 2.56 bits per heavy atom. The topological polar surface area (TPSA) is 74.2 Å². The molecule has 0 bridgehead atoms. The first-order valence-electron chi connectivity index (χ1n) is 9.40. The molecule has 1 aromatic carbocycles. The molecule has 1 N–H and O–H groups in total. The third-order valence-corrected chi connectivity index (χ3v) is 4.77. The maximum atomic E-state index is 12.6. The fraction of sp³-hybridized carbons (Fsp3) is 0.550. The molecular formula is C20H28N4O3. The van der Waals surface area contributed by atoms with Crippen LogP contribution in [0.3, 0.4) is 0 Å². The molecule has 0 saturated carbocycles. The first-order valence-corrected chi connectivity index (χ1v) is 9.40. The molecule has 7 heteroatoms. The highest BCUT2D eigenvalue weighted by Crippen LogP contribution is 2.23. The molecule has 7 nitrogen and oxygen atoms in total. The molecule has 1 aromatic rings. The van der Waals surface area contributed by atoms with Crippen LogP contribution in [0.4, 0.5) is 10.5 Å². The number of rotatable bonds is 6. The Kier molecular flexibility index (Phi) is 5.39. The van der Waals surface area contributed by atoms with Gasteiger partial charge in [-0.25, -0.2) is 9.79 Å². The van der Waals surface area contributed by atoms with Crippen molar-refractivity contribution in [2.24, 2.45) is 4.99 Å². The minimum absolute atomic E-state index is 0.0378. The van der Waals surface area contributed by atoms with Crippen LogP contribution in [0, 0.1) is 0 Å². The van der Waals surface area contributed by atoms with Gasteiger partial charge in [-0.2, -0.15) is 0 Å². The number of amides is 3. The van der Waals surface area contributed by atoms with Crippen LogP contribution in [0.5, 0.6) is 0 Å². The molecule has 1 saturated heterocycles. The summed E-state index contributed by atoms with van der Waals surface area (Å²) in [6.45, 7) is 10.2. The van der Waals surface area contributed by atoms with Gasteiger partial charge in [0.2, 0.25) is 11.8 Å². The number of hydrogen-bond acceptors (Lipinski definition) is 4. The van der Waals surface area contributed by atoms with Crippen molar-refractivity contribution in [3.8, 4) is 0 Å². The number of nitrogens with zero attached hydrogens (tertiary/aromatic N) is 3. The number of carbonyl (C=O) groups excluding carboxylic acids is 2. The van der Waals surface area contributed by atoms with Gasteiger partial charge < -0.3 is 15.0 Å². The van der Waals surface area contributed by atoms with Crippen LogP contribution in [-0.4, -0.2) is 61.1 Å². The van der Waals surface area contributed by atoms with E-state index >= 15 is 0 Å². The van der Waals surface area contributed by atoms with Gasteiger partial charge >= 0.3 is 6.03 Å². The van der Waals surface area contributed by atoms with E-state index in [0.29, 0.717) is 31.4 Å². The standard InChI is InChI=1S/C20H28N4O3/c1-14(2)15-5-7-16(8-6-15)24-10-9-23(19(24)26)12-17(25)21-11-18-22-13-20(3,4)27-18/h5-8,14H,9-13H2,1-4H3,(H,21,25). The lowest BCUT2D eigenvalue weighted by atomic mass is 10.0. The lowest BCUT2D eigenvalue weighted by Crippen LogP contribution is -2.41. The summed E-state index contributed by atoms with van der Waals surface area (Å²) in [7, 11) is 0. The third-order valence-electron chi connectivity index (χ3n) is 4.77. The average Bonchev–Trinajstić information content (AvgIpc) is 3.15. The second-order valence-electron chi connectivity index (χ2n) is 7.95. The molecule has 146 valence electrons.